The lowest BCUT2D eigenvalue weighted by Gasteiger charge is -2.35. The van der Waals surface area contributed by atoms with Crippen molar-refractivity contribution in [3.8, 4) is 0 Å². The van der Waals surface area contributed by atoms with Gasteiger partial charge in [-0.3, -0.25) is 0 Å². The van der Waals surface area contributed by atoms with Crippen molar-refractivity contribution in [2.45, 2.75) is 52.5 Å². The van der Waals surface area contributed by atoms with Crippen LogP contribution in [0.4, 0.5) is 10.1 Å². The molecular weight excluding hydrogens is 263 g/mol. The van der Waals surface area contributed by atoms with Gasteiger partial charge in [0.2, 0.25) is 0 Å². The van der Waals surface area contributed by atoms with E-state index < -0.39 is 0 Å². The fraction of sp³-hybridized carbons (Fsp3) is 0.667. The molecule has 3 heteroatoms. The van der Waals surface area contributed by atoms with Crippen molar-refractivity contribution in [3.63, 3.8) is 0 Å². The van der Waals surface area contributed by atoms with Crippen molar-refractivity contribution in [2.24, 2.45) is 5.92 Å². The Bertz CT molecular complexity index is 425. The van der Waals surface area contributed by atoms with Gasteiger partial charge in [-0.1, -0.05) is 26.7 Å². The first-order valence-corrected chi connectivity index (χ1v) is 8.48. The zero-order valence-electron chi connectivity index (χ0n) is 13.5. The van der Waals surface area contributed by atoms with Crippen LogP contribution in [0.1, 0.15) is 51.5 Å². The molecule has 1 heterocycles. The van der Waals surface area contributed by atoms with Crippen LogP contribution in [-0.2, 0) is 6.54 Å². The highest BCUT2D eigenvalue weighted by atomic mass is 19.1. The van der Waals surface area contributed by atoms with Crippen LogP contribution in [0.25, 0.3) is 0 Å². The average Bonchev–Trinajstić information content (AvgIpc) is 2.49. The molecule has 2 nitrogen and oxygen atoms in total. The largest absolute Gasteiger partial charge is 0.371 e. The number of nitrogens with one attached hydrogen (secondary N) is 1. The predicted octanol–water partition coefficient (Wildman–Crippen LogP) is 4.34. The van der Waals surface area contributed by atoms with E-state index in [4.69, 9.17) is 0 Å². The van der Waals surface area contributed by atoms with Gasteiger partial charge in [-0.25, -0.2) is 4.39 Å². The number of hydrogen-bond donors (Lipinski definition) is 1. The number of hydrogen-bond acceptors (Lipinski definition) is 2. The van der Waals surface area contributed by atoms with E-state index in [2.05, 4.69) is 24.1 Å². The molecule has 0 saturated carbocycles. The van der Waals surface area contributed by atoms with Crippen LogP contribution in [0.5, 0.6) is 0 Å². The van der Waals surface area contributed by atoms with Crippen molar-refractivity contribution in [3.05, 3.63) is 29.6 Å². The summed E-state index contributed by atoms with van der Waals surface area (Å²) in [6, 6.07) is 5.24. The van der Waals surface area contributed by atoms with Crippen LogP contribution in [0.3, 0.4) is 0 Å². The minimum atomic E-state index is -0.132. The van der Waals surface area contributed by atoms with E-state index in [1.165, 1.54) is 31.4 Å². The fourth-order valence-electron chi connectivity index (χ4n) is 3.27. The van der Waals surface area contributed by atoms with E-state index >= 15 is 0 Å². The SMILES string of the molecule is CCCNCc1cc(F)ccc1N1CCC(CCC)CC1. The van der Waals surface area contributed by atoms with E-state index in [9.17, 15) is 4.39 Å². The molecule has 0 amide bonds. The molecule has 2 rings (SSSR count). The molecule has 1 aliphatic rings. The van der Waals surface area contributed by atoms with Crippen molar-refractivity contribution < 1.29 is 4.39 Å². The quantitative estimate of drug-likeness (QED) is 0.752. The summed E-state index contributed by atoms with van der Waals surface area (Å²) < 4.78 is 13.5. The van der Waals surface area contributed by atoms with Gasteiger partial charge in [0.15, 0.2) is 0 Å². The van der Waals surface area contributed by atoms with Crippen LogP contribution in [0.2, 0.25) is 0 Å². The summed E-state index contributed by atoms with van der Waals surface area (Å²) in [7, 11) is 0. The van der Waals surface area contributed by atoms with Crippen LogP contribution >= 0.6 is 0 Å². The van der Waals surface area contributed by atoms with Crippen molar-refractivity contribution in [1.82, 2.24) is 5.32 Å². The first kappa shape index (κ1) is 16.3. The zero-order valence-corrected chi connectivity index (χ0v) is 13.5. The molecule has 0 atom stereocenters. The van der Waals surface area contributed by atoms with Gasteiger partial charge in [0.1, 0.15) is 5.82 Å². The second kappa shape index (κ2) is 8.38. The molecule has 1 aromatic rings. The Morgan fingerprint density at radius 2 is 1.95 bits per heavy atom. The molecule has 1 fully saturated rings. The Morgan fingerprint density at radius 3 is 2.62 bits per heavy atom. The van der Waals surface area contributed by atoms with Gasteiger partial charge in [0.25, 0.3) is 0 Å². The summed E-state index contributed by atoms with van der Waals surface area (Å²) in [5.74, 6) is 0.751. The molecule has 1 aromatic carbocycles. The topological polar surface area (TPSA) is 15.3 Å². The first-order chi connectivity index (χ1) is 10.2. The third-order valence-electron chi connectivity index (χ3n) is 4.44. The molecule has 0 aliphatic carbocycles. The Balaban J connectivity index is 2.01. The molecule has 1 N–H and O–H groups in total. The Morgan fingerprint density at radius 1 is 1.19 bits per heavy atom. The molecule has 0 spiro atoms. The smallest absolute Gasteiger partial charge is 0.123 e. The lowest BCUT2D eigenvalue weighted by molar-refractivity contribution is 0.378. The first-order valence-electron chi connectivity index (χ1n) is 8.48. The van der Waals surface area contributed by atoms with Gasteiger partial charge in [-0.2, -0.15) is 0 Å². The Hall–Kier alpha value is -1.09. The zero-order chi connectivity index (χ0) is 15.1. The molecule has 0 aromatic heterocycles. The number of halogens is 1. The van der Waals surface area contributed by atoms with E-state index in [1.54, 1.807) is 12.1 Å². The van der Waals surface area contributed by atoms with Crippen molar-refractivity contribution in [2.75, 3.05) is 24.5 Å². The summed E-state index contributed by atoms with van der Waals surface area (Å²) in [4.78, 5) is 2.44. The monoisotopic (exact) mass is 292 g/mol. The number of benzene rings is 1. The molecular formula is C18H29FN2. The van der Waals surface area contributed by atoms with E-state index in [-0.39, 0.29) is 5.82 Å². The van der Waals surface area contributed by atoms with Gasteiger partial charge in [0, 0.05) is 25.3 Å². The lowest BCUT2D eigenvalue weighted by Crippen LogP contribution is -2.34. The van der Waals surface area contributed by atoms with Crippen LogP contribution in [-0.4, -0.2) is 19.6 Å². The molecule has 118 valence electrons. The van der Waals surface area contributed by atoms with Crippen LogP contribution in [0.15, 0.2) is 18.2 Å². The number of nitrogens with zero attached hydrogens (tertiary/aromatic N) is 1. The number of rotatable bonds is 7. The second-order valence-electron chi connectivity index (χ2n) is 6.17. The second-order valence-corrected chi connectivity index (χ2v) is 6.17. The summed E-state index contributed by atoms with van der Waals surface area (Å²) in [6.07, 6.45) is 6.28. The average molecular weight is 292 g/mol. The summed E-state index contributed by atoms with van der Waals surface area (Å²) in [5, 5.41) is 3.39. The van der Waals surface area contributed by atoms with Crippen molar-refractivity contribution >= 4 is 5.69 Å². The highest BCUT2D eigenvalue weighted by molar-refractivity contribution is 5.54. The maximum atomic E-state index is 13.5. The normalized spacial score (nSPS) is 16.4. The van der Waals surface area contributed by atoms with E-state index in [0.29, 0.717) is 0 Å². The molecule has 21 heavy (non-hydrogen) atoms. The molecule has 0 bridgehead atoms. The van der Waals surface area contributed by atoms with Crippen LogP contribution in [0, 0.1) is 11.7 Å². The molecule has 1 aliphatic heterocycles. The fourth-order valence-corrected chi connectivity index (χ4v) is 3.27. The summed E-state index contributed by atoms with van der Waals surface area (Å²) in [5.41, 5.74) is 2.31. The standard InChI is InChI=1S/C18H29FN2/c1-3-5-15-8-11-21(12-9-15)18-7-6-17(19)13-16(18)14-20-10-4-2/h6-7,13,15,20H,3-5,8-12,14H2,1-2H3. The Labute approximate surface area is 128 Å². The lowest BCUT2D eigenvalue weighted by atomic mass is 9.92. The van der Waals surface area contributed by atoms with Gasteiger partial charge in [-0.05, 0) is 55.5 Å². The van der Waals surface area contributed by atoms with Crippen LogP contribution < -0.4 is 10.2 Å². The summed E-state index contributed by atoms with van der Waals surface area (Å²) >= 11 is 0. The van der Waals surface area contributed by atoms with Gasteiger partial charge < -0.3 is 10.2 Å². The minimum Gasteiger partial charge on any atom is -0.371 e. The molecule has 0 radical (unpaired) electrons. The van der Waals surface area contributed by atoms with Crippen molar-refractivity contribution in [1.29, 1.82) is 0 Å². The third-order valence-corrected chi connectivity index (χ3v) is 4.44. The van der Waals surface area contributed by atoms with Gasteiger partial charge >= 0.3 is 0 Å². The van der Waals surface area contributed by atoms with E-state index in [1.807, 2.05) is 6.07 Å². The van der Waals surface area contributed by atoms with Gasteiger partial charge in [0.05, 0.1) is 0 Å². The minimum absolute atomic E-state index is 0.132. The number of anilines is 1. The summed E-state index contributed by atoms with van der Waals surface area (Å²) in [6.45, 7) is 8.38. The Kier molecular flexibility index (Phi) is 6.50. The highest BCUT2D eigenvalue weighted by Crippen LogP contribution is 2.28. The van der Waals surface area contributed by atoms with E-state index in [0.717, 1.165) is 44.1 Å². The molecule has 0 unspecified atom stereocenters. The third kappa shape index (κ3) is 4.70. The predicted molar refractivity (Wildman–Crippen MR) is 88.2 cm³/mol. The van der Waals surface area contributed by atoms with Gasteiger partial charge in [-0.15, -0.1) is 0 Å². The maximum Gasteiger partial charge on any atom is 0.123 e. The number of piperidine rings is 1. The maximum absolute atomic E-state index is 13.5. The highest BCUT2D eigenvalue weighted by Gasteiger charge is 2.20. The molecule has 1 saturated heterocycles.